The Kier molecular flexibility index (Phi) is 33.1. The van der Waals surface area contributed by atoms with Gasteiger partial charge < -0.3 is 23.8 Å². The van der Waals surface area contributed by atoms with Crippen molar-refractivity contribution in [2.75, 3.05) is 41.0 Å². The Bertz CT molecular complexity index is 1040. The van der Waals surface area contributed by atoms with Gasteiger partial charge in [0.05, 0.1) is 40.8 Å². The molecule has 1 N–H and O–H groups in total. The molecule has 8 heteroatoms. The van der Waals surface area contributed by atoms with Gasteiger partial charge in [-0.05, 0) is 51.4 Å². The second kappa shape index (κ2) is 35.1. The van der Waals surface area contributed by atoms with Crippen LogP contribution >= 0.6 is 0 Å². The molecule has 0 aliphatic heterocycles. The van der Waals surface area contributed by atoms with Crippen LogP contribution in [0.4, 0.5) is 0 Å². The number of carboxylic acid groups (broad SMARTS) is 1. The molecule has 0 saturated heterocycles. The third-order valence-electron chi connectivity index (χ3n) is 8.71. The van der Waals surface area contributed by atoms with Crippen LogP contribution in [0.5, 0.6) is 0 Å². The topological polar surface area (TPSA) is 99.1 Å². The molecule has 0 aliphatic carbocycles. The van der Waals surface area contributed by atoms with Crippen molar-refractivity contribution in [1.29, 1.82) is 0 Å². The van der Waals surface area contributed by atoms with E-state index in [0.29, 0.717) is 12.8 Å². The maximum absolute atomic E-state index is 12.7. The fraction of sp³-hybridized carbons (Fsp3) is 0.705. The lowest BCUT2D eigenvalue weighted by Crippen LogP contribution is -2.50. The molecule has 0 radical (unpaired) electrons. The average Bonchev–Trinajstić information content (AvgIpc) is 3.09. The van der Waals surface area contributed by atoms with Crippen molar-refractivity contribution in [2.45, 2.75) is 161 Å². The second-order valence-corrected chi connectivity index (χ2v) is 14.6. The molecule has 0 spiro atoms. The van der Waals surface area contributed by atoms with E-state index in [-0.39, 0.29) is 36.7 Å². The fourth-order valence-corrected chi connectivity index (χ4v) is 5.55. The number of likely N-dealkylation sites (N-methyl/N-ethyl adjacent to an activating group) is 1. The molecule has 0 bridgehead atoms. The van der Waals surface area contributed by atoms with E-state index >= 15 is 0 Å². The first-order valence-electron chi connectivity index (χ1n) is 20.3. The number of nitrogens with zero attached hydrogens (tertiary/aromatic N) is 1. The highest BCUT2D eigenvalue weighted by molar-refractivity contribution is 5.72. The molecular formula is C44H76NO7+. The second-order valence-electron chi connectivity index (χ2n) is 14.6. The molecule has 0 aromatic heterocycles. The van der Waals surface area contributed by atoms with Crippen LogP contribution in [0.25, 0.3) is 0 Å². The summed E-state index contributed by atoms with van der Waals surface area (Å²) >= 11 is 0. The number of unbranched alkanes of at least 4 members (excludes halogenated alkanes) is 13. The Hall–Kier alpha value is -2.97. The number of ether oxygens (including phenoxy) is 3. The smallest absolute Gasteiger partial charge is 0.362 e. The maximum atomic E-state index is 12.7. The van der Waals surface area contributed by atoms with Crippen LogP contribution < -0.4 is 0 Å². The Morgan fingerprint density at radius 3 is 1.73 bits per heavy atom. The third-order valence-corrected chi connectivity index (χ3v) is 8.71. The molecule has 0 aliphatic rings. The van der Waals surface area contributed by atoms with E-state index in [2.05, 4.69) is 62.5 Å². The van der Waals surface area contributed by atoms with Crippen LogP contribution in [-0.2, 0) is 28.6 Å². The lowest BCUT2D eigenvalue weighted by atomic mass is 10.1. The summed E-state index contributed by atoms with van der Waals surface area (Å²) in [6.45, 7) is 4.46. The number of esters is 2. The van der Waals surface area contributed by atoms with Crippen LogP contribution in [0.2, 0.25) is 0 Å². The number of carboxylic acids is 1. The van der Waals surface area contributed by atoms with Crippen molar-refractivity contribution in [1.82, 2.24) is 0 Å². The third kappa shape index (κ3) is 32.9. The average molecular weight is 731 g/mol. The summed E-state index contributed by atoms with van der Waals surface area (Å²) in [5, 5.41) is 9.58. The van der Waals surface area contributed by atoms with Crippen LogP contribution in [0.3, 0.4) is 0 Å². The van der Waals surface area contributed by atoms with Gasteiger partial charge in [-0.15, -0.1) is 0 Å². The number of allylic oxidation sites excluding steroid dienone is 9. The van der Waals surface area contributed by atoms with Gasteiger partial charge in [0, 0.05) is 12.8 Å². The molecule has 298 valence electrons. The number of carbonyl (C=O) groups excluding carboxylic acids is 2. The molecule has 8 nitrogen and oxygen atoms in total. The highest BCUT2D eigenvalue weighted by atomic mass is 16.6. The van der Waals surface area contributed by atoms with Gasteiger partial charge in [-0.2, -0.15) is 0 Å². The summed E-state index contributed by atoms with van der Waals surface area (Å²) in [7, 11) is 5.49. The van der Waals surface area contributed by atoms with Crippen molar-refractivity contribution in [3.63, 3.8) is 0 Å². The molecule has 0 amide bonds. The van der Waals surface area contributed by atoms with Crippen molar-refractivity contribution < 1.29 is 38.2 Å². The first-order chi connectivity index (χ1) is 25.1. The zero-order chi connectivity index (χ0) is 38.5. The molecule has 0 heterocycles. The van der Waals surface area contributed by atoms with Gasteiger partial charge in [0.15, 0.2) is 12.1 Å². The van der Waals surface area contributed by atoms with Crippen molar-refractivity contribution >= 4 is 17.9 Å². The minimum Gasteiger partial charge on any atom is -0.477 e. The zero-order valence-corrected chi connectivity index (χ0v) is 33.7. The largest absolute Gasteiger partial charge is 0.477 e. The molecule has 2 atom stereocenters. The fourth-order valence-electron chi connectivity index (χ4n) is 5.55. The lowest BCUT2D eigenvalue weighted by molar-refractivity contribution is -0.887. The standard InChI is InChI=1S/C44H75NO7/c1-6-8-10-12-14-16-17-18-19-20-21-22-23-24-25-27-29-31-33-35-43(47)52-40(38-50-37-36-41(44(48)49)45(3,4)5)39-51-42(46)34-32-30-28-26-15-13-11-9-7-2/h9,11,14-18,26,30,32,40-41H,6-8,10,12-13,19-25,27-29,31,33-39H2,1-5H3/p+1/b11-9+,16-14+,18-17+,26-15+,32-30+. The Morgan fingerprint density at radius 2 is 1.17 bits per heavy atom. The van der Waals surface area contributed by atoms with Crippen molar-refractivity contribution in [2.24, 2.45) is 0 Å². The number of quaternary nitrogens is 1. The van der Waals surface area contributed by atoms with E-state index in [1.807, 2.05) is 27.2 Å². The van der Waals surface area contributed by atoms with Gasteiger partial charge in [0.25, 0.3) is 0 Å². The van der Waals surface area contributed by atoms with Gasteiger partial charge >= 0.3 is 17.9 Å². The summed E-state index contributed by atoms with van der Waals surface area (Å²) < 4.78 is 17.1. The molecule has 2 unspecified atom stereocenters. The molecule has 52 heavy (non-hydrogen) atoms. The van der Waals surface area contributed by atoms with E-state index in [1.165, 1.54) is 77.0 Å². The Labute approximate surface area is 318 Å². The molecule has 0 rings (SSSR count). The van der Waals surface area contributed by atoms with E-state index in [0.717, 1.165) is 38.5 Å². The van der Waals surface area contributed by atoms with Crippen molar-refractivity contribution in [3.05, 3.63) is 60.8 Å². The number of hydrogen-bond acceptors (Lipinski definition) is 6. The van der Waals surface area contributed by atoms with Crippen LogP contribution in [0, 0.1) is 0 Å². The molecule has 0 aromatic rings. The summed E-state index contributed by atoms with van der Waals surface area (Å²) in [6.07, 6.45) is 41.6. The van der Waals surface area contributed by atoms with Crippen LogP contribution in [-0.4, -0.2) is 80.6 Å². The zero-order valence-electron chi connectivity index (χ0n) is 33.7. The van der Waals surface area contributed by atoms with Gasteiger partial charge in [-0.3, -0.25) is 9.59 Å². The number of carbonyl (C=O) groups is 3. The first kappa shape index (κ1) is 49.0. The Morgan fingerprint density at radius 1 is 0.635 bits per heavy atom. The van der Waals surface area contributed by atoms with Gasteiger partial charge in [0.1, 0.15) is 6.61 Å². The predicted molar refractivity (Wildman–Crippen MR) is 215 cm³/mol. The van der Waals surface area contributed by atoms with E-state index in [9.17, 15) is 19.5 Å². The van der Waals surface area contributed by atoms with Gasteiger partial charge in [-0.25, -0.2) is 4.79 Å². The lowest BCUT2D eigenvalue weighted by Gasteiger charge is -2.31. The normalized spacial score (nSPS) is 13.6. The van der Waals surface area contributed by atoms with Gasteiger partial charge in [-0.1, -0.05) is 139 Å². The predicted octanol–water partition coefficient (Wildman–Crippen LogP) is 10.6. The SMILES string of the molecule is CC/C=C/C/C=C/C/C=C/CC(=O)OCC(COCCC(C(=O)O)[N+](C)(C)C)OC(=O)CCCCCCCCCCCC/C=C/C=C/CCCCC. The minimum atomic E-state index is -0.888. The number of rotatable bonds is 35. The highest BCUT2D eigenvalue weighted by Gasteiger charge is 2.31. The number of aliphatic carboxylic acids is 1. The van der Waals surface area contributed by atoms with Crippen molar-refractivity contribution in [3.8, 4) is 0 Å². The quantitative estimate of drug-likeness (QED) is 0.0228. The van der Waals surface area contributed by atoms with E-state index in [4.69, 9.17) is 14.2 Å². The van der Waals surface area contributed by atoms with Crippen LogP contribution in [0.15, 0.2) is 60.8 Å². The molecular weight excluding hydrogens is 654 g/mol. The molecule has 0 fully saturated rings. The summed E-state index contributed by atoms with van der Waals surface area (Å²) in [4.78, 5) is 36.7. The summed E-state index contributed by atoms with van der Waals surface area (Å²) in [5.41, 5.74) is 0. The minimum absolute atomic E-state index is 0.0306. The molecule has 0 aromatic carbocycles. The summed E-state index contributed by atoms with van der Waals surface area (Å²) in [6, 6.07) is -0.627. The monoisotopic (exact) mass is 731 g/mol. The first-order valence-corrected chi connectivity index (χ1v) is 20.3. The maximum Gasteiger partial charge on any atom is 0.362 e. The van der Waals surface area contributed by atoms with E-state index < -0.39 is 24.1 Å². The summed E-state index contributed by atoms with van der Waals surface area (Å²) in [5.74, 6) is -1.63. The number of hydrogen-bond donors (Lipinski definition) is 1. The highest BCUT2D eigenvalue weighted by Crippen LogP contribution is 2.14. The van der Waals surface area contributed by atoms with Crippen LogP contribution in [0.1, 0.15) is 149 Å². The van der Waals surface area contributed by atoms with Gasteiger partial charge in [0.2, 0.25) is 0 Å². The van der Waals surface area contributed by atoms with E-state index in [1.54, 1.807) is 6.08 Å². The molecule has 0 saturated carbocycles. The Balaban J connectivity index is 4.38.